The molecule has 0 bridgehead atoms. The third-order valence-corrected chi connectivity index (χ3v) is 4.99. The van der Waals surface area contributed by atoms with E-state index in [0.29, 0.717) is 5.92 Å². The Bertz CT molecular complexity index is 672. The van der Waals surface area contributed by atoms with Crippen molar-refractivity contribution in [3.63, 3.8) is 0 Å². The van der Waals surface area contributed by atoms with E-state index in [-0.39, 0.29) is 0 Å². The Hall–Kier alpha value is -2.42. The van der Waals surface area contributed by atoms with Crippen LogP contribution in [-0.4, -0.2) is 36.0 Å². The van der Waals surface area contributed by atoms with E-state index < -0.39 is 0 Å². The van der Waals surface area contributed by atoms with Crippen molar-refractivity contribution in [3.8, 4) is 0 Å². The van der Waals surface area contributed by atoms with E-state index in [4.69, 9.17) is 5.73 Å². The Morgan fingerprint density at radius 1 is 1.04 bits per heavy atom. The van der Waals surface area contributed by atoms with E-state index in [9.17, 15) is 0 Å². The lowest BCUT2D eigenvalue weighted by atomic mass is 10.00. The number of nitrogens with two attached hydrogens (primary N) is 1. The Morgan fingerprint density at radius 2 is 1.62 bits per heavy atom. The van der Waals surface area contributed by atoms with Gasteiger partial charge >= 0.3 is 0 Å². The van der Waals surface area contributed by atoms with Gasteiger partial charge in [-0.2, -0.15) is 0 Å². The molecule has 2 rings (SSSR count). The molecule has 1 saturated heterocycles. The minimum atomic E-state index is 0.575. The second-order valence-electron chi connectivity index (χ2n) is 7.23. The molecule has 0 aromatic heterocycles. The smallest absolute Gasteiger partial charge is 0.0354 e. The van der Waals surface area contributed by atoms with Crippen LogP contribution in [0.1, 0.15) is 37.8 Å². The second kappa shape index (κ2) is 9.33. The zero-order valence-corrected chi connectivity index (χ0v) is 16.5. The van der Waals surface area contributed by atoms with Crippen LogP contribution in [0.4, 0.5) is 0 Å². The third kappa shape index (κ3) is 5.55. The Kier molecular flexibility index (Phi) is 7.14. The molecule has 140 valence electrons. The minimum absolute atomic E-state index is 0.575. The summed E-state index contributed by atoms with van der Waals surface area (Å²) >= 11 is 0. The van der Waals surface area contributed by atoms with Crippen LogP contribution < -0.4 is 5.73 Å². The number of benzene rings is 1. The Labute approximate surface area is 159 Å². The first-order valence-corrected chi connectivity index (χ1v) is 9.46. The van der Waals surface area contributed by atoms with Crippen molar-refractivity contribution in [3.05, 3.63) is 83.9 Å². The third-order valence-electron chi connectivity index (χ3n) is 4.99. The van der Waals surface area contributed by atoms with Gasteiger partial charge in [0.15, 0.2) is 0 Å². The van der Waals surface area contributed by atoms with Gasteiger partial charge in [0.25, 0.3) is 0 Å². The van der Waals surface area contributed by atoms with E-state index in [0.717, 1.165) is 44.0 Å². The van der Waals surface area contributed by atoms with Gasteiger partial charge in [0.1, 0.15) is 0 Å². The number of allylic oxidation sites excluding steroid dienone is 4. The van der Waals surface area contributed by atoms with Crippen molar-refractivity contribution in [2.45, 2.75) is 33.1 Å². The molecule has 1 aromatic rings. The first-order chi connectivity index (χ1) is 12.4. The second-order valence-corrected chi connectivity index (χ2v) is 7.23. The van der Waals surface area contributed by atoms with Gasteiger partial charge in [0.05, 0.1) is 0 Å². The van der Waals surface area contributed by atoms with Crippen LogP contribution in [-0.2, 0) is 6.42 Å². The van der Waals surface area contributed by atoms with Gasteiger partial charge in [-0.05, 0) is 36.1 Å². The van der Waals surface area contributed by atoms with Crippen LogP contribution in [0, 0.1) is 0 Å². The molecule has 0 unspecified atom stereocenters. The van der Waals surface area contributed by atoms with E-state index in [1.807, 2.05) is 25.2 Å². The summed E-state index contributed by atoms with van der Waals surface area (Å²) in [6.45, 7) is 18.8. The number of nitrogens with zero attached hydrogens (tertiary/aromatic N) is 2. The number of piperazine rings is 1. The van der Waals surface area contributed by atoms with Gasteiger partial charge in [0, 0.05) is 49.7 Å². The van der Waals surface area contributed by atoms with E-state index >= 15 is 0 Å². The minimum Gasteiger partial charge on any atom is -0.399 e. The molecule has 0 amide bonds. The summed E-state index contributed by atoms with van der Waals surface area (Å²) in [4.78, 5) is 4.70. The molecule has 1 aliphatic heterocycles. The lowest BCUT2D eigenvalue weighted by Crippen LogP contribution is -2.44. The molecule has 26 heavy (non-hydrogen) atoms. The Morgan fingerprint density at radius 3 is 2.15 bits per heavy atom. The molecule has 1 fully saturated rings. The van der Waals surface area contributed by atoms with Crippen LogP contribution in [0.25, 0.3) is 0 Å². The molecular formula is C23H33N3. The summed E-state index contributed by atoms with van der Waals surface area (Å²) in [5.41, 5.74) is 11.5. The van der Waals surface area contributed by atoms with Gasteiger partial charge in [-0.25, -0.2) is 0 Å². The normalized spacial score (nSPS) is 15.8. The highest BCUT2D eigenvalue weighted by Gasteiger charge is 2.18. The topological polar surface area (TPSA) is 32.5 Å². The molecule has 0 saturated carbocycles. The standard InChI is InChI=1S/C23H33N3/c1-6-23(24)12-7-19(4)25-13-15-26(16-14-25)20(5)17-21-8-10-22(11-9-21)18(2)3/h6-12,18H,4-5,13-17,24H2,1-3H3/b12-7-,23-6+. The summed E-state index contributed by atoms with van der Waals surface area (Å²) in [6, 6.07) is 8.93. The summed E-state index contributed by atoms with van der Waals surface area (Å²) in [5.74, 6) is 0.575. The van der Waals surface area contributed by atoms with E-state index in [1.54, 1.807) is 0 Å². The zero-order chi connectivity index (χ0) is 19.1. The van der Waals surface area contributed by atoms with Crippen molar-refractivity contribution < 1.29 is 0 Å². The highest BCUT2D eigenvalue weighted by molar-refractivity contribution is 5.27. The van der Waals surface area contributed by atoms with Gasteiger partial charge in [-0.15, -0.1) is 0 Å². The molecule has 3 heteroatoms. The van der Waals surface area contributed by atoms with Gasteiger partial charge in [0.2, 0.25) is 0 Å². The van der Waals surface area contributed by atoms with Crippen LogP contribution >= 0.6 is 0 Å². The molecule has 0 spiro atoms. The summed E-state index contributed by atoms with van der Waals surface area (Å²) in [5, 5.41) is 0. The van der Waals surface area contributed by atoms with Crippen LogP contribution in [0.3, 0.4) is 0 Å². The quantitative estimate of drug-likeness (QED) is 0.738. The molecule has 3 nitrogen and oxygen atoms in total. The average Bonchev–Trinajstić information content (AvgIpc) is 2.66. The van der Waals surface area contributed by atoms with Crippen molar-refractivity contribution in [2.75, 3.05) is 26.2 Å². The molecular weight excluding hydrogens is 318 g/mol. The van der Waals surface area contributed by atoms with Gasteiger partial charge < -0.3 is 15.5 Å². The molecule has 0 atom stereocenters. The maximum Gasteiger partial charge on any atom is 0.0354 e. The summed E-state index contributed by atoms with van der Waals surface area (Å²) in [6.07, 6.45) is 6.71. The maximum absolute atomic E-state index is 5.81. The van der Waals surface area contributed by atoms with E-state index in [2.05, 4.69) is 61.1 Å². The molecule has 0 radical (unpaired) electrons. The van der Waals surface area contributed by atoms with Gasteiger partial charge in [-0.3, -0.25) is 0 Å². The van der Waals surface area contributed by atoms with Crippen molar-refractivity contribution in [1.82, 2.24) is 9.80 Å². The van der Waals surface area contributed by atoms with Crippen LogP contribution in [0.5, 0.6) is 0 Å². The van der Waals surface area contributed by atoms with Gasteiger partial charge in [-0.1, -0.05) is 57.3 Å². The fourth-order valence-electron chi connectivity index (χ4n) is 3.07. The van der Waals surface area contributed by atoms with Crippen LogP contribution in [0.15, 0.2) is 72.7 Å². The molecule has 1 heterocycles. The molecule has 2 N–H and O–H groups in total. The van der Waals surface area contributed by atoms with Crippen molar-refractivity contribution >= 4 is 0 Å². The fourth-order valence-corrected chi connectivity index (χ4v) is 3.07. The van der Waals surface area contributed by atoms with Crippen molar-refractivity contribution in [2.24, 2.45) is 5.73 Å². The molecule has 1 aromatic carbocycles. The zero-order valence-electron chi connectivity index (χ0n) is 16.5. The fraction of sp³-hybridized carbons (Fsp3) is 0.391. The average molecular weight is 352 g/mol. The largest absolute Gasteiger partial charge is 0.399 e. The van der Waals surface area contributed by atoms with Crippen LogP contribution in [0.2, 0.25) is 0 Å². The predicted octanol–water partition coefficient (Wildman–Crippen LogP) is 4.42. The predicted molar refractivity (Wildman–Crippen MR) is 113 cm³/mol. The lowest BCUT2D eigenvalue weighted by molar-refractivity contribution is 0.194. The summed E-state index contributed by atoms with van der Waals surface area (Å²) in [7, 11) is 0. The number of hydrogen-bond donors (Lipinski definition) is 1. The SMILES string of the molecule is C=C(/C=C\C(N)=C/C)N1CCN(C(=C)Cc2ccc(C(C)C)cc2)CC1. The number of rotatable bonds is 7. The first kappa shape index (κ1) is 19.9. The van der Waals surface area contributed by atoms with Crippen molar-refractivity contribution in [1.29, 1.82) is 0 Å². The highest BCUT2D eigenvalue weighted by Crippen LogP contribution is 2.19. The highest BCUT2D eigenvalue weighted by atomic mass is 15.3. The lowest BCUT2D eigenvalue weighted by Gasteiger charge is -2.38. The molecule has 0 aliphatic carbocycles. The Balaban J connectivity index is 1.84. The summed E-state index contributed by atoms with van der Waals surface area (Å²) < 4.78 is 0. The first-order valence-electron chi connectivity index (χ1n) is 9.46. The van der Waals surface area contributed by atoms with E-state index in [1.165, 1.54) is 16.8 Å². The monoisotopic (exact) mass is 351 g/mol. The maximum atomic E-state index is 5.81. The molecule has 1 aliphatic rings. The number of hydrogen-bond acceptors (Lipinski definition) is 3.